The number of aromatic nitrogens is 2. The molecule has 0 N–H and O–H groups in total. The highest BCUT2D eigenvalue weighted by molar-refractivity contribution is 7.99. The molecule has 0 spiro atoms. The highest BCUT2D eigenvalue weighted by Gasteiger charge is 2.26. The van der Waals surface area contributed by atoms with Crippen molar-refractivity contribution in [1.29, 1.82) is 0 Å². The lowest BCUT2D eigenvalue weighted by atomic mass is 9.98. The second-order valence-corrected chi connectivity index (χ2v) is 10.5. The number of rotatable bonds is 7. The van der Waals surface area contributed by atoms with Crippen LogP contribution in [0.1, 0.15) is 98.8 Å². The number of halogens is 1. The Morgan fingerprint density at radius 1 is 1.08 bits per heavy atom. The molecular formula is C30H54ClN3O4S. The van der Waals surface area contributed by atoms with Gasteiger partial charge in [0.15, 0.2) is 11.5 Å². The Bertz CT molecular complexity index is 829. The Morgan fingerprint density at radius 3 is 2.21 bits per heavy atom. The van der Waals surface area contributed by atoms with E-state index in [9.17, 15) is 4.79 Å². The summed E-state index contributed by atoms with van der Waals surface area (Å²) in [5.74, 6) is 1.62. The summed E-state index contributed by atoms with van der Waals surface area (Å²) < 4.78 is 15.4. The van der Waals surface area contributed by atoms with Crippen molar-refractivity contribution in [3.8, 4) is 0 Å². The molecule has 7 nitrogen and oxygen atoms in total. The van der Waals surface area contributed by atoms with Crippen LogP contribution in [-0.4, -0.2) is 60.8 Å². The molecule has 1 unspecified atom stereocenters. The zero-order valence-electron chi connectivity index (χ0n) is 26.3. The molecule has 226 valence electrons. The minimum Gasteiger partial charge on any atom is -0.437 e. The minimum absolute atomic E-state index is 0.0607. The number of carbonyl (C=O) groups is 1. The van der Waals surface area contributed by atoms with Crippen LogP contribution in [0.25, 0.3) is 0 Å². The van der Waals surface area contributed by atoms with Gasteiger partial charge < -0.3 is 18.8 Å². The molecule has 9 heteroatoms. The van der Waals surface area contributed by atoms with Crippen molar-refractivity contribution in [2.45, 2.75) is 110 Å². The second kappa shape index (κ2) is 25.4. The molecule has 0 aliphatic carbocycles. The van der Waals surface area contributed by atoms with Crippen molar-refractivity contribution in [1.82, 2.24) is 14.9 Å². The van der Waals surface area contributed by atoms with E-state index in [1.807, 2.05) is 58.6 Å². The van der Waals surface area contributed by atoms with Gasteiger partial charge in [-0.2, -0.15) is 0 Å². The predicted molar refractivity (Wildman–Crippen MR) is 165 cm³/mol. The van der Waals surface area contributed by atoms with Gasteiger partial charge >= 0.3 is 0 Å². The molecule has 1 atom stereocenters. The number of amides is 1. The average molecular weight is 588 g/mol. The summed E-state index contributed by atoms with van der Waals surface area (Å²) in [7, 11) is 3.25. The number of oxazole rings is 1. The summed E-state index contributed by atoms with van der Waals surface area (Å²) in [5.41, 5.74) is 1.94. The second-order valence-electron chi connectivity index (χ2n) is 9.27. The van der Waals surface area contributed by atoms with Crippen LogP contribution in [-0.2, 0) is 20.1 Å². The summed E-state index contributed by atoms with van der Waals surface area (Å²) in [6.45, 7) is 20.0. The van der Waals surface area contributed by atoms with Crippen molar-refractivity contribution >= 4 is 29.3 Å². The average Bonchev–Trinajstić information content (AvgIpc) is 3.24. The van der Waals surface area contributed by atoms with E-state index in [1.54, 1.807) is 20.4 Å². The van der Waals surface area contributed by atoms with Crippen LogP contribution in [0.2, 0.25) is 0 Å². The SMILES string of the molecule is CC.CC.CC(C)C.CC(C)OCC(=O)N1CCCC(c2ncoc2Sc2ccc(CCl)cn2)CC1.COC. The zero-order chi connectivity index (χ0) is 30.2. The Kier molecular flexibility index (Phi) is 25.7. The summed E-state index contributed by atoms with van der Waals surface area (Å²) in [4.78, 5) is 23.2. The monoisotopic (exact) mass is 587 g/mol. The number of ether oxygens (including phenoxy) is 2. The van der Waals surface area contributed by atoms with Crippen LogP contribution < -0.4 is 0 Å². The Hall–Kier alpha value is -1.61. The van der Waals surface area contributed by atoms with Crippen molar-refractivity contribution in [2.24, 2.45) is 5.92 Å². The van der Waals surface area contributed by atoms with E-state index in [0.717, 1.165) is 53.1 Å². The number of hydrogen-bond donors (Lipinski definition) is 0. The first kappa shape index (κ1) is 39.5. The highest BCUT2D eigenvalue weighted by Crippen LogP contribution is 2.36. The van der Waals surface area contributed by atoms with Crippen molar-refractivity contribution in [2.75, 3.05) is 33.9 Å². The minimum atomic E-state index is 0.0607. The number of nitrogens with zero attached hydrogens (tertiary/aromatic N) is 3. The van der Waals surface area contributed by atoms with Crippen LogP contribution in [0, 0.1) is 5.92 Å². The normalized spacial score (nSPS) is 14.4. The van der Waals surface area contributed by atoms with Gasteiger partial charge in [-0.15, -0.1) is 11.6 Å². The fourth-order valence-electron chi connectivity index (χ4n) is 3.19. The largest absolute Gasteiger partial charge is 0.437 e. The number of alkyl halides is 1. The van der Waals surface area contributed by atoms with Crippen molar-refractivity contribution in [3.05, 3.63) is 36.0 Å². The molecule has 2 aromatic rings. The molecule has 3 rings (SSSR count). The van der Waals surface area contributed by atoms with Gasteiger partial charge in [-0.1, -0.05) is 54.5 Å². The predicted octanol–water partition coefficient (Wildman–Crippen LogP) is 8.46. The van der Waals surface area contributed by atoms with Crippen LogP contribution in [0.5, 0.6) is 0 Å². The highest BCUT2D eigenvalue weighted by atomic mass is 35.5. The molecule has 0 saturated carbocycles. The van der Waals surface area contributed by atoms with E-state index >= 15 is 0 Å². The summed E-state index contributed by atoms with van der Waals surface area (Å²) in [5, 5.41) is 1.63. The van der Waals surface area contributed by atoms with Crippen molar-refractivity contribution < 1.29 is 18.7 Å². The molecule has 0 aromatic carbocycles. The van der Waals surface area contributed by atoms with E-state index in [4.69, 9.17) is 20.8 Å². The Labute approximate surface area is 247 Å². The molecule has 0 radical (unpaired) electrons. The van der Waals surface area contributed by atoms with Crippen LogP contribution in [0.15, 0.2) is 39.3 Å². The van der Waals surface area contributed by atoms with Gasteiger partial charge in [0, 0.05) is 45.3 Å². The zero-order valence-corrected chi connectivity index (χ0v) is 27.8. The lowest BCUT2D eigenvalue weighted by molar-refractivity contribution is -0.137. The third-order valence-electron chi connectivity index (χ3n) is 4.72. The molecule has 1 aliphatic heterocycles. The van der Waals surface area contributed by atoms with Gasteiger partial charge in [-0.05, 0) is 62.4 Å². The third kappa shape index (κ3) is 18.4. The van der Waals surface area contributed by atoms with Crippen LogP contribution in [0.3, 0.4) is 0 Å². The number of pyridine rings is 1. The molecule has 39 heavy (non-hydrogen) atoms. The van der Waals surface area contributed by atoms with Gasteiger partial charge in [-0.25, -0.2) is 9.97 Å². The first-order valence-electron chi connectivity index (χ1n) is 14.1. The fraction of sp³-hybridized carbons (Fsp3) is 0.700. The Morgan fingerprint density at radius 2 is 1.69 bits per heavy atom. The maximum atomic E-state index is 12.4. The van der Waals surface area contributed by atoms with Crippen molar-refractivity contribution in [3.63, 3.8) is 0 Å². The summed E-state index contributed by atoms with van der Waals surface area (Å²) >= 11 is 7.30. The fourth-order valence-corrected chi connectivity index (χ4v) is 4.19. The number of carbonyl (C=O) groups excluding carboxylic acids is 1. The van der Waals surface area contributed by atoms with E-state index < -0.39 is 0 Å². The molecule has 2 aromatic heterocycles. The van der Waals surface area contributed by atoms with E-state index in [2.05, 4.69) is 35.5 Å². The van der Waals surface area contributed by atoms with E-state index in [0.29, 0.717) is 12.4 Å². The summed E-state index contributed by atoms with van der Waals surface area (Å²) in [6.07, 6.45) is 6.12. The Balaban J connectivity index is 0. The lowest BCUT2D eigenvalue weighted by Gasteiger charge is -2.21. The standard InChI is InChI=1S/C20H26ClN3O3S.C4H10.C2H6O.2C2H6/c1-14(2)26-12-18(25)24-8-3-4-16(7-9-24)19-20(27-13-23-19)28-17-6-5-15(10-21)11-22-17;1-4(2)3;1-3-2;2*1-2/h5-6,11,13-14,16H,3-4,7-10,12H2,1-2H3;4H,1-3H3;1-2H3;2*1-2H3. The van der Waals surface area contributed by atoms with Crippen LogP contribution in [0.4, 0.5) is 0 Å². The molecule has 1 aliphatic rings. The van der Waals surface area contributed by atoms with Gasteiger partial charge in [0.2, 0.25) is 5.91 Å². The van der Waals surface area contributed by atoms with Gasteiger partial charge in [0.25, 0.3) is 0 Å². The smallest absolute Gasteiger partial charge is 0.248 e. The first-order valence-corrected chi connectivity index (χ1v) is 15.5. The van der Waals surface area contributed by atoms with Gasteiger partial charge in [-0.3, -0.25) is 4.79 Å². The molecule has 1 amide bonds. The molecular weight excluding hydrogens is 534 g/mol. The molecule has 1 fully saturated rings. The quantitative estimate of drug-likeness (QED) is 0.301. The maximum absolute atomic E-state index is 12.4. The topological polar surface area (TPSA) is 77.7 Å². The maximum Gasteiger partial charge on any atom is 0.248 e. The lowest BCUT2D eigenvalue weighted by Crippen LogP contribution is -2.35. The van der Waals surface area contributed by atoms with Crippen LogP contribution >= 0.6 is 23.4 Å². The van der Waals surface area contributed by atoms with Gasteiger partial charge in [0.05, 0.1) is 11.8 Å². The summed E-state index contributed by atoms with van der Waals surface area (Å²) in [6, 6.07) is 3.91. The van der Waals surface area contributed by atoms with Gasteiger partial charge in [0.1, 0.15) is 11.6 Å². The molecule has 0 bridgehead atoms. The number of methoxy groups -OCH3 is 1. The first-order chi connectivity index (χ1) is 18.7. The number of hydrogen-bond acceptors (Lipinski definition) is 7. The van der Waals surface area contributed by atoms with E-state index in [-0.39, 0.29) is 24.5 Å². The third-order valence-corrected chi connectivity index (χ3v) is 5.97. The number of likely N-dealkylation sites (tertiary alicyclic amines) is 1. The molecule has 3 heterocycles. The van der Waals surface area contributed by atoms with E-state index in [1.165, 1.54) is 18.2 Å². The molecule has 1 saturated heterocycles.